The molecule has 0 amide bonds. The summed E-state index contributed by atoms with van der Waals surface area (Å²) in [6.07, 6.45) is 0. The Balaban J connectivity index is 1.86. The molecule has 0 bridgehead atoms. The first kappa shape index (κ1) is 12.3. The van der Waals surface area contributed by atoms with Gasteiger partial charge in [-0.15, -0.1) is 0 Å². The molecule has 0 spiro atoms. The van der Waals surface area contributed by atoms with Gasteiger partial charge < -0.3 is 4.74 Å². The van der Waals surface area contributed by atoms with E-state index in [9.17, 15) is 4.39 Å². The van der Waals surface area contributed by atoms with Crippen molar-refractivity contribution in [2.75, 3.05) is 0 Å². The summed E-state index contributed by atoms with van der Waals surface area (Å²) in [5.41, 5.74) is 2.43. The molecule has 0 heterocycles. The fourth-order valence-corrected chi connectivity index (χ4v) is 1.59. The summed E-state index contributed by atoms with van der Waals surface area (Å²) in [4.78, 5) is 0. The zero-order valence-corrected chi connectivity index (χ0v) is 9.77. The highest BCUT2D eigenvalue weighted by molar-refractivity contribution is 5.31. The van der Waals surface area contributed by atoms with E-state index in [2.05, 4.69) is 6.07 Å². The summed E-state index contributed by atoms with van der Waals surface area (Å²) in [5, 5.41) is 8.66. The van der Waals surface area contributed by atoms with Crippen LogP contribution < -0.4 is 0 Å². The molecule has 0 saturated carbocycles. The van der Waals surface area contributed by atoms with Crippen LogP contribution in [0.15, 0.2) is 48.5 Å². The normalized spacial score (nSPS) is 10.0. The molecule has 0 aromatic heterocycles. The molecule has 3 heteroatoms. The van der Waals surface area contributed by atoms with Crippen LogP contribution in [0.1, 0.15) is 16.7 Å². The summed E-state index contributed by atoms with van der Waals surface area (Å²) in [6, 6.07) is 15.6. The summed E-state index contributed by atoms with van der Waals surface area (Å²) in [6.45, 7) is 0.819. The van der Waals surface area contributed by atoms with E-state index in [0.29, 0.717) is 18.8 Å². The maximum Gasteiger partial charge on any atom is 0.123 e. The highest BCUT2D eigenvalue weighted by Crippen LogP contribution is 2.08. The van der Waals surface area contributed by atoms with Crippen molar-refractivity contribution in [2.24, 2.45) is 0 Å². The summed E-state index contributed by atoms with van der Waals surface area (Å²) >= 11 is 0. The topological polar surface area (TPSA) is 33.0 Å². The second-order valence-corrected chi connectivity index (χ2v) is 3.93. The number of hydrogen-bond donors (Lipinski definition) is 0. The quantitative estimate of drug-likeness (QED) is 0.821. The van der Waals surface area contributed by atoms with Gasteiger partial charge in [-0.3, -0.25) is 0 Å². The van der Waals surface area contributed by atoms with Gasteiger partial charge in [0.1, 0.15) is 5.82 Å². The Morgan fingerprint density at radius 1 is 1.00 bits per heavy atom. The number of hydrogen-bond acceptors (Lipinski definition) is 2. The predicted octanol–water partition coefficient (Wildman–Crippen LogP) is 3.41. The van der Waals surface area contributed by atoms with Gasteiger partial charge in [0.2, 0.25) is 0 Å². The van der Waals surface area contributed by atoms with Crippen LogP contribution in [0.5, 0.6) is 0 Å². The lowest BCUT2D eigenvalue weighted by atomic mass is 10.1. The van der Waals surface area contributed by atoms with Crippen molar-refractivity contribution in [3.05, 3.63) is 71.0 Å². The zero-order chi connectivity index (χ0) is 12.8. The summed E-state index contributed by atoms with van der Waals surface area (Å²) in [5.74, 6) is -0.255. The molecule has 0 saturated heterocycles. The smallest absolute Gasteiger partial charge is 0.123 e. The Morgan fingerprint density at radius 2 is 1.72 bits per heavy atom. The molecule has 2 aromatic carbocycles. The number of nitriles is 1. The maximum absolute atomic E-state index is 12.9. The van der Waals surface area contributed by atoms with Crippen LogP contribution in [0.25, 0.3) is 0 Å². The third-order valence-electron chi connectivity index (χ3n) is 2.51. The summed E-state index contributed by atoms with van der Waals surface area (Å²) in [7, 11) is 0. The average Bonchev–Trinajstić information content (AvgIpc) is 2.40. The Hall–Kier alpha value is -2.18. The first-order chi connectivity index (χ1) is 8.78. The monoisotopic (exact) mass is 241 g/mol. The predicted molar refractivity (Wildman–Crippen MR) is 66.1 cm³/mol. The molecule has 2 rings (SSSR count). The van der Waals surface area contributed by atoms with Crippen LogP contribution >= 0.6 is 0 Å². The van der Waals surface area contributed by atoms with Crippen LogP contribution in [0.2, 0.25) is 0 Å². The fourth-order valence-electron chi connectivity index (χ4n) is 1.59. The van der Waals surface area contributed by atoms with Gasteiger partial charge in [-0.2, -0.15) is 5.26 Å². The van der Waals surface area contributed by atoms with Crippen LogP contribution in [0, 0.1) is 17.1 Å². The van der Waals surface area contributed by atoms with Crippen molar-refractivity contribution in [1.29, 1.82) is 5.26 Å². The number of nitrogens with zero attached hydrogens (tertiary/aromatic N) is 1. The Kier molecular flexibility index (Phi) is 4.06. The lowest BCUT2D eigenvalue weighted by Crippen LogP contribution is -1.94. The zero-order valence-electron chi connectivity index (χ0n) is 9.77. The molecule has 0 N–H and O–H groups in total. The third-order valence-corrected chi connectivity index (χ3v) is 2.51. The van der Waals surface area contributed by atoms with E-state index in [1.807, 2.05) is 18.2 Å². The second kappa shape index (κ2) is 5.95. The Labute approximate surface area is 105 Å². The molecule has 0 aliphatic carbocycles. The lowest BCUT2D eigenvalue weighted by Gasteiger charge is -2.04. The van der Waals surface area contributed by atoms with Crippen molar-refractivity contribution >= 4 is 0 Å². The maximum atomic E-state index is 12.9. The van der Waals surface area contributed by atoms with Gasteiger partial charge in [-0.1, -0.05) is 24.3 Å². The third kappa shape index (κ3) is 3.41. The lowest BCUT2D eigenvalue weighted by molar-refractivity contribution is 0.107. The molecule has 2 nitrogen and oxygen atoms in total. The molecule has 0 fully saturated rings. The molecule has 2 aromatic rings. The van der Waals surface area contributed by atoms with Crippen LogP contribution in [0.4, 0.5) is 4.39 Å². The van der Waals surface area contributed by atoms with E-state index < -0.39 is 0 Å². The van der Waals surface area contributed by atoms with Gasteiger partial charge in [0.05, 0.1) is 24.8 Å². The van der Waals surface area contributed by atoms with Gasteiger partial charge in [-0.05, 0) is 35.4 Å². The summed E-state index contributed by atoms with van der Waals surface area (Å²) < 4.78 is 18.4. The number of ether oxygens (including phenoxy) is 1. The van der Waals surface area contributed by atoms with Gasteiger partial charge in [0.15, 0.2) is 0 Å². The molecular weight excluding hydrogens is 229 g/mol. The minimum absolute atomic E-state index is 0.255. The van der Waals surface area contributed by atoms with Crippen LogP contribution in [-0.4, -0.2) is 0 Å². The van der Waals surface area contributed by atoms with E-state index >= 15 is 0 Å². The van der Waals surface area contributed by atoms with E-state index in [0.717, 1.165) is 11.1 Å². The molecule has 0 atom stereocenters. The molecule has 0 aliphatic heterocycles. The molecular formula is C15H12FNO. The molecule has 18 heavy (non-hydrogen) atoms. The van der Waals surface area contributed by atoms with Crippen molar-refractivity contribution in [1.82, 2.24) is 0 Å². The van der Waals surface area contributed by atoms with Gasteiger partial charge in [-0.25, -0.2) is 4.39 Å². The van der Waals surface area contributed by atoms with Crippen LogP contribution in [0.3, 0.4) is 0 Å². The largest absolute Gasteiger partial charge is 0.372 e. The molecule has 0 unspecified atom stereocenters. The minimum atomic E-state index is -0.255. The Bertz CT molecular complexity index is 557. The molecule has 0 radical (unpaired) electrons. The van der Waals surface area contributed by atoms with E-state index in [4.69, 9.17) is 10.00 Å². The van der Waals surface area contributed by atoms with Crippen molar-refractivity contribution < 1.29 is 9.13 Å². The highest BCUT2D eigenvalue weighted by atomic mass is 19.1. The number of halogens is 1. The van der Waals surface area contributed by atoms with Gasteiger partial charge in [0, 0.05) is 0 Å². The van der Waals surface area contributed by atoms with E-state index in [1.54, 1.807) is 18.2 Å². The van der Waals surface area contributed by atoms with Crippen molar-refractivity contribution in [3.8, 4) is 6.07 Å². The number of rotatable bonds is 4. The van der Waals surface area contributed by atoms with Crippen molar-refractivity contribution in [3.63, 3.8) is 0 Å². The molecule has 0 aliphatic rings. The van der Waals surface area contributed by atoms with E-state index in [-0.39, 0.29) is 5.82 Å². The van der Waals surface area contributed by atoms with Gasteiger partial charge >= 0.3 is 0 Å². The van der Waals surface area contributed by atoms with Crippen LogP contribution in [-0.2, 0) is 18.0 Å². The second-order valence-electron chi connectivity index (χ2n) is 3.93. The average molecular weight is 241 g/mol. The Morgan fingerprint density at radius 3 is 2.39 bits per heavy atom. The van der Waals surface area contributed by atoms with Gasteiger partial charge in [0.25, 0.3) is 0 Å². The first-order valence-corrected chi connectivity index (χ1v) is 5.59. The standard InChI is InChI=1S/C15H12FNO/c16-15-3-1-2-14(8-15)11-18-10-13-6-4-12(9-17)5-7-13/h1-8H,10-11H2. The number of benzene rings is 2. The highest BCUT2D eigenvalue weighted by Gasteiger charge is 1.97. The first-order valence-electron chi connectivity index (χ1n) is 5.59. The fraction of sp³-hybridized carbons (Fsp3) is 0.133. The minimum Gasteiger partial charge on any atom is -0.372 e. The van der Waals surface area contributed by atoms with Crippen molar-refractivity contribution in [2.45, 2.75) is 13.2 Å². The van der Waals surface area contributed by atoms with E-state index in [1.165, 1.54) is 12.1 Å². The SMILES string of the molecule is N#Cc1ccc(COCc2cccc(F)c2)cc1. The molecule has 90 valence electrons.